The van der Waals surface area contributed by atoms with E-state index in [9.17, 15) is 18.4 Å². The van der Waals surface area contributed by atoms with Gasteiger partial charge in [-0.15, -0.1) is 0 Å². The zero-order valence-corrected chi connectivity index (χ0v) is 15.7. The van der Waals surface area contributed by atoms with Gasteiger partial charge in [0.25, 0.3) is 11.8 Å². The highest BCUT2D eigenvalue weighted by Gasteiger charge is 2.47. The van der Waals surface area contributed by atoms with Crippen LogP contribution in [0.4, 0.5) is 8.78 Å². The molecule has 3 heterocycles. The van der Waals surface area contributed by atoms with Crippen molar-refractivity contribution in [3.05, 3.63) is 53.6 Å². The molecule has 1 N–H and O–H groups in total. The minimum absolute atomic E-state index is 0.295. The van der Waals surface area contributed by atoms with Gasteiger partial charge in [0.15, 0.2) is 0 Å². The van der Waals surface area contributed by atoms with Gasteiger partial charge in [-0.25, -0.2) is 8.78 Å². The van der Waals surface area contributed by atoms with E-state index in [0.717, 1.165) is 10.5 Å². The Balaban J connectivity index is 1.66. The van der Waals surface area contributed by atoms with Crippen LogP contribution in [0.15, 0.2) is 36.9 Å². The zero-order chi connectivity index (χ0) is 21.0. The van der Waals surface area contributed by atoms with Crippen LogP contribution >= 0.6 is 0 Å². The van der Waals surface area contributed by atoms with Gasteiger partial charge in [0, 0.05) is 49.4 Å². The molecule has 0 saturated carbocycles. The highest BCUT2D eigenvalue weighted by molar-refractivity contribution is 6.00. The van der Waals surface area contributed by atoms with E-state index in [1.54, 1.807) is 12.1 Å². The number of rotatable bonds is 5. The molecule has 3 rings (SSSR count). The first-order valence-corrected chi connectivity index (χ1v) is 8.88. The molecule has 0 radical (unpaired) electrons. The summed E-state index contributed by atoms with van der Waals surface area (Å²) in [5.74, 6) is -4.36. The second kappa shape index (κ2) is 8.22. The highest BCUT2D eigenvalue weighted by atomic mass is 19.3. The lowest BCUT2D eigenvalue weighted by atomic mass is 10.1. The van der Waals surface area contributed by atoms with Crippen LogP contribution in [0.2, 0.25) is 0 Å². The Morgan fingerprint density at radius 2 is 2.21 bits per heavy atom. The molecule has 2 aromatic heterocycles. The molecule has 1 atom stereocenters. The SMILES string of the molecule is Cn1ccc(/C=C/c2cnccc2C(=O)NCC(=O)N2CC(F)(F)CC2C#N)c1. The van der Waals surface area contributed by atoms with Crippen molar-refractivity contribution in [3.63, 3.8) is 0 Å². The summed E-state index contributed by atoms with van der Waals surface area (Å²) < 4.78 is 28.9. The molecule has 9 heteroatoms. The largest absolute Gasteiger partial charge is 0.357 e. The lowest BCUT2D eigenvalue weighted by molar-refractivity contribution is -0.131. The van der Waals surface area contributed by atoms with Gasteiger partial charge >= 0.3 is 0 Å². The molecule has 1 unspecified atom stereocenters. The van der Waals surface area contributed by atoms with E-state index in [1.807, 2.05) is 36.2 Å². The van der Waals surface area contributed by atoms with Crippen LogP contribution in [0.25, 0.3) is 12.2 Å². The molecular weight excluding hydrogens is 380 g/mol. The van der Waals surface area contributed by atoms with E-state index in [-0.39, 0.29) is 0 Å². The van der Waals surface area contributed by atoms with Crippen LogP contribution < -0.4 is 5.32 Å². The maximum atomic E-state index is 13.5. The van der Waals surface area contributed by atoms with Gasteiger partial charge in [0.1, 0.15) is 6.04 Å². The monoisotopic (exact) mass is 399 g/mol. The number of pyridine rings is 1. The van der Waals surface area contributed by atoms with Crippen LogP contribution in [-0.2, 0) is 11.8 Å². The van der Waals surface area contributed by atoms with E-state index in [1.165, 1.54) is 18.5 Å². The van der Waals surface area contributed by atoms with E-state index < -0.39 is 43.3 Å². The van der Waals surface area contributed by atoms with Crippen molar-refractivity contribution in [1.82, 2.24) is 19.8 Å². The van der Waals surface area contributed by atoms with Crippen LogP contribution in [0.5, 0.6) is 0 Å². The van der Waals surface area contributed by atoms with Crippen molar-refractivity contribution in [2.75, 3.05) is 13.1 Å². The van der Waals surface area contributed by atoms with Crippen molar-refractivity contribution < 1.29 is 18.4 Å². The lowest BCUT2D eigenvalue weighted by Crippen LogP contribution is -2.43. The number of nitriles is 1. The molecule has 2 amide bonds. The first-order chi connectivity index (χ1) is 13.8. The smallest absolute Gasteiger partial charge is 0.268 e. The quantitative estimate of drug-likeness (QED) is 0.833. The number of carbonyl (C=O) groups is 2. The number of amides is 2. The Bertz CT molecular complexity index is 993. The predicted octanol–water partition coefficient (Wildman–Crippen LogP) is 2.08. The minimum Gasteiger partial charge on any atom is -0.357 e. The fourth-order valence-electron chi connectivity index (χ4n) is 3.10. The summed E-state index contributed by atoms with van der Waals surface area (Å²) in [5, 5.41) is 11.4. The van der Waals surface area contributed by atoms with Gasteiger partial charge in [-0.05, 0) is 17.7 Å². The van der Waals surface area contributed by atoms with Crippen LogP contribution in [0.3, 0.4) is 0 Å². The number of likely N-dealkylation sites (tertiary alicyclic amines) is 1. The van der Waals surface area contributed by atoms with E-state index in [2.05, 4.69) is 10.3 Å². The number of aromatic nitrogens is 2. The summed E-state index contributed by atoms with van der Waals surface area (Å²) in [6.07, 6.45) is 9.62. The summed E-state index contributed by atoms with van der Waals surface area (Å²) in [5.41, 5.74) is 1.78. The first kappa shape index (κ1) is 20.2. The third-order valence-corrected chi connectivity index (χ3v) is 4.55. The fourth-order valence-corrected chi connectivity index (χ4v) is 3.10. The Morgan fingerprint density at radius 1 is 1.41 bits per heavy atom. The molecule has 0 spiro atoms. The van der Waals surface area contributed by atoms with E-state index in [0.29, 0.717) is 11.1 Å². The van der Waals surface area contributed by atoms with Crippen molar-refractivity contribution in [3.8, 4) is 6.07 Å². The topological polar surface area (TPSA) is 91.0 Å². The number of carbonyl (C=O) groups excluding carboxylic acids is 2. The molecule has 0 aliphatic carbocycles. The molecule has 1 fully saturated rings. The number of hydrogen-bond donors (Lipinski definition) is 1. The molecule has 1 aliphatic heterocycles. The van der Waals surface area contributed by atoms with Gasteiger partial charge in [-0.1, -0.05) is 12.2 Å². The van der Waals surface area contributed by atoms with Gasteiger partial charge in [-0.2, -0.15) is 5.26 Å². The number of hydrogen-bond acceptors (Lipinski definition) is 4. The average Bonchev–Trinajstić information content (AvgIpc) is 3.26. The minimum atomic E-state index is -3.10. The first-order valence-electron chi connectivity index (χ1n) is 8.88. The third kappa shape index (κ3) is 4.85. The number of nitrogens with zero attached hydrogens (tertiary/aromatic N) is 4. The highest BCUT2D eigenvalue weighted by Crippen LogP contribution is 2.31. The Kier molecular flexibility index (Phi) is 5.73. The van der Waals surface area contributed by atoms with Crippen molar-refractivity contribution in [1.29, 1.82) is 5.26 Å². The summed E-state index contributed by atoms with van der Waals surface area (Å²) in [4.78, 5) is 29.6. The normalized spacial score (nSPS) is 18.0. The molecule has 150 valence electrons. The van der Waals surface area contributed by atoms with Gasteiger partial charge < -0.3 is 14.8 Å². The molecule has 0 bridgehead atoms. The standard InChI is InChI=1S/C20H19F2N5O2/c1-26-7-5-14(12-26)2-3-15-10-24-6-4-17(15)19(29)25-11-18(28)27-13-20(21,22)8-16(27)9-23/h2-7,10,12,16H,8,11,13H2,1H3,(H,25,29)/b3-2+. The molecule has 1 aliphatic rings. The van der Waals surface area contributed by atoms with Crippen molar-refractivity contribution >= 4 is 24.0 Å². The lowest BCUT2D eigenvalue weighted by Gasteiger charge is -2.19. The van der Waals surface area contributed by atoms with Gasteiger partial charge in [-0.3, -0.25) is 14.6 Å². The number of alkyl halides is 2. The van der Waals surface area contributed by atoms with E-state index in [4.69, 9.17) is 5.26 Å². The summed E-state index contributed by atoms with van der Waals surface area (Å²) in [6.45, 7) is -1.29. The van der Waals surface area contributed by atoms with Crippen LogP contribution in [0.1, 0.15) is 27.9 Å². The zero-order valence-electron chi connectivity index (χ0n) is 15.7. The van der Waals surface area contributed by atoms with Crippen LogP contribution in [0, 0.1) is 11.3 Å². The van der Waals surface area contributed by atoms with Crippen molar-refractivity contribution in [2.45, 2.75) is 18.4 Å². The predicted molar refractivity (Wildman–Crippen MR) is 102 cm³/mol. The van der Waals surface area contributed by atoms with Crippen LogP contribution in [-0.4, -0.2) is 51.3 Å². The number of aryl methyl sites for hydroxylation is 1. The molecule has 1 saturated heterocycles. The fraction of sp³-hybridized carbons (Fsp3) is 0.300. The summed E-state index contributed by atoms with van der Waals surface area (Å²) in [7, 11) is 1.89. The van der Waals surface area contributed by atoms with Crippen molar-refractivity contribution in [2.24, 2.45) is 7.05 Å². The average molecular weight is 399 g/mol. The molecule has 7 nitrogen and oxygen atoms in total. The Morgan fingerprint density at radius 3 is 2.90 bits per heavy atom. The Labute approximate surface area is 166 Å². The number of halogens is 2. The number of nitrogens with one attached hydrogen (secondary N) is 1. The molecule has 2 aromatic rings. The maximum absolute atomic E-state index is 13.5. The van der Waals surface area contributed by atoms with Gasteiger partial charge in [0.05, 0.1) is 19.2 Å². The van der Waals surface area contributed by atoms with Gasteiger partial charge in [0.2, 0.25) is 5.91 Å². The molecule has 0 aromatic carbocycles. The molecule has 29 heavy (non-hydrogen) atoms. The summed E-state index contributed by atoms with van der Waals surface area (Å²) in [6, 6.07) is 3.92. The Hall–Kier alpha value is -3.54. The second-order valence-electron chi connectivity index (χ2n) is 6.82. The van der Waals surface area contributed by atoms with E-state index >= 15 is 0 Å². The molecular formula is C20H19F2N5O2. The summed E-state index contributed by atoms with van der Waals surface area (Å²) >= 11 is 0. The third-order valence-electron chi connectivity index (χ3n) is 4.55. The maximum Gasteiger partial charge on any atom is 0.268 e. The second-order valence-corrected chi connectivity index (χ2v) is 6.82.